The van der Waals surface area contributed by atoms with Crippen molar-refractivity contribution in [2.45, 2.75) is 369 Å². The Balaban J connectivity index is 5.24. The molecule has 19 heteroatoms. The molecule has 0 bridgehead atoms. The van der Waals surface area contributed by atoms with Gasteiger partial charge < -0.3 is 33.8 Å². The van der Waals surface area contributed by atoms with Crippen molar-refractivity contribution >= 4 is 39.5 Å². The van der Waals surface area contributed by atoms with Gasteiger partial charge in [-0.3, -0.25) is 37.3 Å². The van der Waals surface area contributed by atoms with Crippen molar-refractivity contribution in [2.24, 2.45) is 17.8 Å². The number of aliphatic hydroxyl groups is 1. The molecule has 0 saturated heterocycles. The zero-order valence-electron chi connectivity index (χ0n) is 57.9. The van der Waals surface area contributed by atoms with Crippen LogP contribution < -0.4 is 0 Å². The number of ether oxygens (including phenoxy) is 4. The SMILES string of the molecule is CCCCCCCCCCCCCCCCCC(=O)O[C@H](COC(=O)CCCCCCCCCCCCCC(C)C)COP(=O)(O)OC[C@@H](O)COP(=O)(O)OC[C@@H](COC(=O)CCCCCCCCC(C)C)OC(=O)CCCCCCCCCCC(C)C. The van der Waals surface area contributed by atoms with Gasteiger partial charge in [0.15, 0.2) is 12.2 Å². The second kappa shape index (κ2) is 61.0. The summed E-state index contributed by atoms with van der Waals surface area (Å²) in [6.07, 6.45) is 44.6. The van der Waals surface area contributed by atoms with Crippen LogP contribution in [0.15, 0.2) is 0 Å². The van der Waals surface area contributed by atoms with Gasteiger partial charge in [0.2, 0.25) is 0 Å². The molecule has 0 rings (SSSR count). The first-order chi connectivity index (χ1) is 42.7. The number of carbonyl (C=O) groups excluding carboxylic acids is 4. The molecule has 0 aliphatic rings. The smallest absolute Gasteiger partial charge is 0.462 e. The molecule has 0 heterocycles. The molecule has 0 aliphatic heterocycles. The Bertz CT molecular complexity index is 1750. The molecule has 0 fully saturated rings. The Kier molecular flexibility index (Phi) is 59.6. The van der Waals surface area contributed by atoms with Crippen molar-refractivity contribution < 1.29 is 80.2 Å². The first kappa shape index (κ1) is 87.1. The highest BCUT2D eigenvalue weighted by Gasteiger charge is 2.30. The van der Waals surface area contributed by atoms with Crippen LogP contribution in [0, 0.1) is 17.8 Å². The number of hydrogen-bond acceptors (Lipinski definition) is 15. The van der Waals surface area contributed by atoms with Crippen molar-refractivity contribution in [3.8, 4) is 0 Å². The maximum atomic E-state index is 13.0. The number of esters is 4. The molecule has 0 aromatic heterocycles. The van der Waals surface area contributed by atoms with Crippen LogP contribution in [0.1, 0.15) is 350 Å². The third kappa shape index (κ3) is 64.6. The van der Waals surface area contributed by atoms with E-state index in [-0.39, 0.29) is 25.7 Å². The number of aliphatic hydroxyl groups excluding tert-OH is 1. The fraction of sp³-hybridized carbons (Fsp3) is 0.943. The number of hydrogen-bond donors (Lipinski definition) is 3. The molecular formula is C70H136O17P2. The third-order valence-electron chi connectivity index (χ3n) is 16.1. The molecular weight excluding hydrogens is 1170 g/mol. The normalized spacial score (nSPS) is 14.2. The summed E-state index contributed by atoms with van der Waals surface area (Å²) in [4.78, 5) is 72.5. The molecule has 0 aliphatic carbocycles. The van der Waals surface area contributed by atoms with Crippen molar-refractivity contribution in [1.82, 2.24) is 0 Å². The lowest BCUT2D eigenvalue weighted by molar-refractivity contribution is -0.161. The lowest BCUT2D eigenvalue weighted by Gasteiger charge is -2.21. The van der Waals surface area contributed by atoms with Gasteiger partial charge in [0.05, 0.1) is 26.4 Å². The van der Waals surface area contributed by atoms with Crippen LogP contribution in [0.25, 0.3) is 0 Å². The van der Waals surface area contributed by atoms with E-state index in [1.54, 1.807) is 0 Å². The summed E-state index contributed by atoms with van der Waals surface area (Å²) in [6.45, 7) is 11.7. The number of phosphoric acid groups is 2. The number of phosphoric ester groups is 2. The zero-order valence-corrected chi connectivity index (χ0v) is 59.7. The van der Waals surface area contributed by atoms with E-state index in [1.165, 1.54) is 154 Å². The van der Waals surface area contributed by atoms with E-state index in [1.807, 2.05) is 0 Å². The zero-order chi connectivity index (χ0) is 65.9. The van der Waals surface area contributed by atoms with Crippen LogP contribution >= 0.6 is 15.6 Å². The van der Waals surface area contributed by atoms with Crippen molar-refractivity contribution in [2.75, 3.05) is 39.6 Å². The Morgan fingerprint density at radius 1 is 0.303 bits per heavy atom. The van der Waals surface area contributed by atoms with Crippen molar-refractivity contribution in [1.29, 1.82) is 0 Å². The molecule has 0 saturated carbocycles. The highest BCUT2D eigenvalue weighted by molar-refractivity contribution is 7.47. The minimum Gasteiger partial charge on any atom is -0.462 e. The minimum atomic E-state index is -4.95. The van der Waals surface area contributed by atoms with Crippen LogP contribution in [0.5, 0.6) is 0 Å². The maximum absolute atomic E-state index is 13.0. The van der Waals surface area contributed by atoms with E-state index < -0.39 is 97.5 Å². The number of carbonyl (C=O) groups is 4. The average molecular weight is 1310 g/mol. The standard InChI is InChI=1S/C70H136O17P2/c1-8-9-10-11-12-13-14-15-16-17-20-24-30-39-46-53-69(74)86-65(57-80-67(72)51-44-37-29-23-21-18-19-22-27-34-41-48-61(2)3)59-84-88(76,77)82-55-64(71)56-83-89(78,79)85-60-66(58-81-68(73)52-45-38-33-32-36-43-50-63(6)7)87-70(75)54-47-40-31-26-25-28-35-42-49-62(4)5/h61-66,71H,8-60H2,1-7H3,(H,76,77)(H,78,79)/t64-,65-,66-/m1/s1. The van der Waals surface area contributed by atoms with Gasteiger partial charge >= 0.3 is 39.5 Å². The first-order valence-electron chi connectivity index (χ1n) is 36.3. The monoisotopic (exact) mass is 1310 g/mol. The van der Waals surface area contributed by atoms with Crippen LogP contribution in [0.3, 0.4) is 0 Å². The molecule has 0 aromatic rings. The Morgan fingerprint density at radius 2 is 0.517 bits per heavy atom. The highest BCUT2D eigenvalue weighted by atomic mass is 31.2. The van der Waals surface area contributed by atoms with Crippen molar-refractivity contribution in [3.05, 3.63) is 0 Å². The summed E-state index contributed by atoms with van der Waals surface area (Å²) >= 11 is 0. The van der Waals surface area contributed by atoms with Crippen LogP contribution in [-0.4, -0.2) is 96.7 Å². The molecule has 3 N–H and O–H groups in total. The quantitative estimate of drug-likeness (QED) is 0.0222. The number of unbranched alkanes of at least 4 members (excludes halogenated alkanes) is 36. The van der Waals surface area contributed by atoms with Gasteiger partial charge in [-0.05, 0) is 43.4 Å². The predicted octanol–water partition coefficient (Wildman–Crippen LogP) is 19.8. The molecule has 0 aromatic carbocycles. The summed E-state index contributed by atoms with van der Waals surface area (Å²) in [7, 11) is -9.90. The van der Waals surface area contributed by atoms with E-state index in [0.717, 1.165) is 108 Å². The predicted molar refractivity (Wildman–Crippen MR) is 358 cm³/mol. The Hall–Kier alpha value is -1.94. The molecule has 89 heavy (non-hydrogen) atoms. The van der Waals surface area contributed by atoms with Crippen LogP contribution in [0.2, 0.25) is 0 Å². The average Bonchev–Trinajstić information content (AvgIpc) is 3.55. The van der Waals surface area contributed by atoms with E-state index in [9.17, 15) is 43.2 Å². The van der Waals surface area contributed by atoms with E-state index in [2.05, 4.69) is 48.5 Å². The van der Waals surface area contributed by atoms with Gasteiger partial charge in [-0.2, -0.15) is 0 Å². The third-order valence-corrected chi connectivity index (χ3v) is 18.0. The van der Waals surface area contributed by atoms with Gasteiger partial charge in [0, 0.05) is 25.7 Å². The fourth-order valence-corrected chi connectivity index (χ4v) is 12.1. The largest absolute Gasteiger partial charge is 0.472 e. The van der Waals surface area contributed by atoms with Gasteiger partial charge in [0.1, 0.15) is 19.3 Å². The molecule has 528 valence electrons. The summed E-state index contributed by atoms with van der Waals surface area (Å²) < 4.78 is 68.2. The summed E-state index contributed by atoms with van der Waals surface area (Å²) in [5.41, 5.74) is 0. The van der Waals surface area contributed by atoms with Gasteiger partial charge in [-0.1, -0.05) is 299 Å². The first-order valence-corrected chi connectivity index (χ1v) is 39.3. The highest BCUT2D eigenvalue weighted by Crippen LogP contribution is 2.45. The molecule has 0 radical (unpaired) electrons. The lowest BCUT2D eigenvalue weighted by atomic mass is 10.0. The second-order valence-electron chi connectivity index (χ2n) is 26.7. The molecule has 0 amide bonds. The van der Waals surface area contributed by atoms with Gasteiger partial charge in [0.25, 0.3) is 0 Å². The van der Waals surface area contributed by atoms with E-state index in [4.69, 9.17) is 37.0 Å². The van der Waals surface area contributed by atoms with Crippen molar-refractivity contribution in [3.63, 3.8) is 0 Å². The van der Waals surface area contributed by atoms with E-state index >= 15 is 0 Å². The Morgan fingerprint density at radius 3 is 0.764 bits per heavy atom. The van der Waals surface area contributed by atoms with Crippen LogP contribution in [0.4, 0.5) is 0 Å². The molecule has 2 unspecified atom stereocenters. The fourth-order valence-electron chi connectivity index (χ4n) is 10.5. The van der Waals surface area contributed by atoms with E-state index in [0.29, 0.717) is 31.6 Å². The molecule has 17 nitrogen and oxygen atoms in total. The molecule has 0 spiro atoms. The van der Waals surface area contributed by atoms with Gasteiger partial charge in [-0.25, -0.2) is 9.13 Å². The van der Waals surface area contributed by atoms with Gasteiger partial charge in [-0.15, -0.1) is 0 Å². The summed E-state index contributed by atoms with van der Waals surface area (Å²) in [5.74, 6) is 0.0402. The summed E-state index contributed by atoms with van der Waals surface area (Å²) in [6, 6.07) is 0. The molecule has 5 atom stereocenters. The van der Waals surface area contributed by atoms with Crippen LogP contribution in [-0.2, 0) is 65.4 Å². The number of rotatable bonds is 68. The lowest BCUT2D eigenvalue weighted by Crippen LogP contribution is -2.30. The topological polar surface area (TPSA) is 237 Å². The Labute approximate surface area is 543 Å². The second-order valence-corrected chi connectivity index (χ2v) is 29.6. The maximum Gasteiger partial charge on any atom is 0.472 e. The minimum absolute atomic E-state index is 0.103. The summed E-state index contributed by atoms with van der Waals surface area (Å²) in [5, 5.41) is 10.6.